The summed E-state index contributed by atoms with van der Waals surface area (Å²) in [6, 6.07) is 4.63. The highest BCUT2D eigenvalue weighted by molar-refractivity contribution is 7.10. The summed E-state index contributed by atoms with van der Waals surface area (Å²) in [7, 11) is 0. The van der Waals surface area contributed by atoms with E-state index in [-0.39, 0.29) is 6.10 Å². The van der Waals surface area contributed by atoms with E-state index in [1.54, 1.807) is 11.3 Å². The van der Waals surface area contributed by atoms with Crippen molar-refractivity contribution in [3.63, 3.8) is 0 Å². The van der Waals surface area contributed by atoms with E-state index in [4.69, 9.17) is 0 Å². The fraction of sp³-hybridized carbons (Fsp3) is 0.667. The Kier molecular flexibility index (Phi) is 5.29. The highest BCUT2D eigenvalue weighted by atomic mass is 32.1. The van der Waals surface area contributed by atoms with Gasteiger partial charge in [-0.3, -0.25) is 0 Å². The maximum absolute atomic E-state index is 9.27. The molecule has 0 radical (unpaired) electrons. The molecular formula is C12H21NOS. The van der Waals surface area contributed by atoms with Gasteiger partial charge in [0.05, 0.1) is 6.10 Å². The van der Waals surface area contributed by atoms with E-state index in [1.807, 2.05) is 6.92 Å². The van der Waals surface area contributed by atoms with Gasteiger partial charge in [-0.15, -0.1) is 11.3 Å². The molecule has 0 spiro atoms. The van der Waals surface area contributed by atoms with Crippen LogP contribution in [0.25, 0.3) is 0 Å². The second kappa shape index (κ2) is 6.26. The van der Waals surface area contributed by atoms with Crippen LogP contribution < -0.4 is 5.32 Å². The fourth-order valence-corrected chi connectivity index (χ4v) is 2.39. The van der Waals surface area contributed by atoms with Crippen LogP contribution in [0.5, 0.6) is 0 Å². The molecule has 86 valence electrons. The minimum absolute atomic E-state index is 0.278. The van der Waals surface area contributed by atoms with Crippen molar-refractivity contribution in [2.45, 2.75) is 39.3 Å². The van der Waals surface area contributed by atoms with E-state index >= 15 is 0 Å². The van der Waals surface area contributed by atoms with Crippen LogP contribution in [0.1, 0.15) is 38.1 Å². The molecule has 15 heavy (non-hydrogen) atoms. The van der Waals surface area contributed by atoms with Gasteiger partial charge in [-0.25, -0.2) is 0 Å². The Labute approximate surface area is 96.3 Å². The summed E-state index contributed by atoms with van der Waals surface area (Å²) in [4.78, 5) is 1.37. The molecule has 2 N–H and O–H groups in total. The lowest BCUT2D eigenvalue weighted by Crippen LogP contribution is -2.29. The van der Waals surface area contributed by atoms with Crippen LogP contribution in [0, 0.1) is 5.92 Å². The molecule has 3 heteroatoms. The molecule has 1 heterocycles. The lowest BCUT2D eigenvalue weighted by atomic mass is 10.0. The topological polar surface area (TPSA) is 32.3 Å². The number of aliphatic hydroxyl groups is 1. The van der Waals surface area contributed by atoms with Crippen molar-refractivity contribution in [3.8, 4) is 0 Å². The molecule has 2 atom stereocenters. The summed E-state index contributed by atoms with van der Waals surface area (Å²) in [6.07, 6.45) is 0.840. The predicted octanol–water partition coefficient (Wildman–Crippen LogP) is 2.81. The molecule has 0 aliphatic carbocycles. The average molecular weight is 227 g/mol. The standard InChI is InChI=1S/C12H21NOS/c1-9(2)7-11(13-8-10(3)14)12-5-4-6-15-12/h4-6,9-11,13-14H,7-8H2,1-3H3/t10-,11?/m0/s1. The smallest absolute Gasteiger partial charge is 0.0636 e. The Hall–Kier alpha value is -0.380. The van der Waals surface area contributed by atoms with Crippen molar-refractivity contribution in [2.24, 2.45) is 5.92 Å². The summed E-state index contributed by atoms with van der Waals surface area (Å²) in [5, 5.41) is 14.8. The first-order valence-corrected chi connectivity index (χ1v) is 6.42. The third-order valence-corrected chi connectivity index (χ3v) is 3.24. The van der Waals surface area contributed by atoms with Crippen LogP contribution in [0.2, 0.25) is 0 Å². The van der Waals surface area contributed by atoms with Gasteiger partial charge in [-0.2, -0.15) is 0 Å². The summed E-state index contributed by atoms with van der Waals surface area (Å²) < 4.78 is 0. The zero-order valence-electron chi connectivity index (χ0n) is 9.73. The zero-order valence-corrected chi connectivity index (χ0v) is 10.6. The van der Waals surface area contributed by atoms with Crippen LogP contribution in [0.15, 0.2) is 17.5 Å². The minimum Gasteiger partial charge on any atom is -0.392 e. The van der Waals surface area contributed by atoms with Gasteiger partial charge < -0.3 is 10.4 Å². The van der Waals surface area contributed by atoms with E-state index in [0.29, 0.717) is 18.5 Å². The van der Waals surface area contributed by atoms with Crippen molar-refractivity contribution >= 4 is 11.3 Å². The molecule has 0 fully saturated rings. The SMILES string of the molecule is CC(C)CC(NC[C@H](C)O)c1cccs1. The van der Waals surface area contributed by atoms with E-state index in [2.05, 4.69) is 36.7 Å². The average Bonchev–Trinajstić information content (AvgIpc) is 2.63. The Morgan fingerprint density at radius 2 is 2.13 bits per heavy atom. The second-order valence-electron chi connectivity index (χ2n) is 4.45. The number of hydrogen-bond donors (Lipinski definition) is 2. The minimum atomic E-state index is -0.278. The zero-order chi connectivity index (χ0) is 11.3. The molecule has 1 aromatic heterocycles. The summed E-state index contributed by atoms with van der Waals surface area (Å²) in [5.41, 5.74) is 0. The Morgan fingerprint density at radius 3 is 2.60 bits per heavy atom. The van der Waals surface area contributed by atoms with Gasteiger partial charge in [0, 0.05) is 17.5 Å². The Bertz CT molecular complexity index is 257. The van der Waals surface area contributed by atoms with E-state index < -0.39 is 0 Å². The summed E-state index contributed by atoms with van der Waals surface area (Å²) in [6.45, 7) is 6.93. The van der Waals surface area contributed by atoms with Crippen LogP contribution in [-0.2, 0) is 0 Å². The summed E-state index contributed by atoms with van der Waals surface area (Å²) in [5.74, 6) is 0.665. The highest BCUT2D eigenvalue weighted by Crippen LogP contribution is 2.25. The molecule has 0 saturated heterocycles. The maximum atomic E-state index is 9.27. The molecule has 0 aliphatic heterocycles. The van der Waals surface area contributed by atoms with Crippen LogP contribution in [0.4, 0.5) is 0 Å². The molecule has 1 rings (SSSR count). The highest BCUT2D eigenvalue weighted by Gasteiger charge is 2.14. The molecule has 1 unspecified atom stereocenters. The first kappa shape index (κ1) is 12.7. The third kappa shape index (κ3) is 4.78. The number of aliphatic hydroxyl groups excluding tert-OH is 1. The number of nitrogens with one attached hydrogen (secondary N) is 1. The largest absolute Gasteiger partial charge is 0.392 e. The van der Waals surface area contributed by atoms with Gasteiger partial charge in [0.15, 0.2) is 0 Å². The molecule has 0 bridgehead atoms. The van der Waals surface area contributed by atoms with Crippen molar-refractivity contribution in [1.29, 1.82) is 0 Å². The van der Waals surface area contributed by atoms with Gasteiger partial charge in [0.25, 0.3) is 0 Å². The van der Waals surface area contributed by atoms with Gasteiger partial charge >= 0.3 is 0 Å². The van der Waals surface area contributed by atoms with Gasteiger partial charge in [-0.05, 0) is 30.7 Å². The molecule has 0 amide bonds. The normalized spacial score (nSPS) is 15.5. The maximum Gasteiger partial charge on any atom is 0.0636 e. The Balaban J connectivity index is 2.54. The van der Waals surface area contributed by atoms with Gasteiger partial charge in [-0.1, -0.05) is 19.9 Å². The molecule has 2 nitrogen and oxygen atoms in total. The van der Waals surface area contributed by atoms with Crippen molar-refractivity contribution < 1.29 is 5.11 Å². The first-order chi connectivity index (χ1) is 7.09. The molecule has 1 aromatic rings. The van der Waals surface area contributed by atoms with Crippen LogP contribution in [0.3, 0.4) is 0 Å². The van der Waals surface area contributed by atoms with Crippen molar-refractivity contribution in [2.75, 3.05) is 6.54 Å². The lowest BCUT2D eigenvalue weighted by Gasteiger charge is -2.20. The fourth-order valence-electron chi connectivity index (χ4n) is 1.57. The first-order valence-electron chi connectivity index (χ1n) is 5.54. The number of thiophene rings is 1. The predicted molar refractivity (Wildman–Crippen MR) is 66.2 cm³/mol. The van der Waals surface area contributed by atoms with E-state index in [1.165, 1.54) is 4.88 Å². The van der Waals surface area contributed by atoms with E-state index in [9.17, 15) is 5.11 Å². The van der Waals surface area contributed by atoms with Crippen LogP contribution in [-0.4, -0.2) is 17.8 Å². The van der Waals surface area contributed by atoms with Gasteiger partial charge in [0.2, 0.25) is 0 Å². The Morgan fingerprint density at radius 1 is 1.40 bits per heavy atom. The molecular weight excluding hydrogens is 206 g/mol. The molecule has 0 saturated carbocycles. The van der Waals surface area contributed by atoms with Gasteiger partial charge in [0.1, 0.15) is 0 Å². The molecule has 0 aliphatic rings. The second-order valence-corrected chi connectivity index (χ2v) is 5.43. The van der Waals surface area contributed by atoms with E-state index in [0.717, 1.165) is 6.42 Å². The summed E-state index contributed by atoms with van der Waals surface area (Å²) >= 11 is 1.78. The van der Waals surface area contributed by atoms with Crippen molar-refractivity contribution in [1.82, 2.24) is 5.32 Å². The van der Waals surface area contributed by atoms with Crippen molar-refractivity contribution in [3.05, 3.63) is 22.4 Å². The molecule has 0 aromatic carbocycles. The number of hydrogen-bond acceptors (Lipinski definition) is 3. The van der Waals surface area contributed by atoms with Crippen LogP contribution >= 0.6 is 11.3 Å². The monoisotopic (exact) mass is 227 g/mol. The third-order valence-electron chi connectivity index (χ3n) is 2.25. The number of rotatable bonds is 6. The lowest BCUT2D eigenvalue weighted by molar-refractivity contribution is 0.184. The quantitative estimate of drug-likeness (QED) is 0.783.